The molecular weight excluding hydrogens is 1020 g/mol. The number of phosphoric acid groups is 1. The SMILES string of the molecule is CCCCC/C=C\C/C=C\C/C=C\C/C=C\CCCCCCCC(=O)NC(COP(=O)(O)OCC[N+](C)(C)C)C(/C=C/CCCCCCCCCCCCC)OC(=O)CCCCCCCCCC/C=C\C/C=C\C/C=C\CCCCC. The smallest absolute Gasteiger partial charge is 0.456 e. The molecule has 3 atom stereocenters. The summed E-state index contributed by atoms with van der Waals surface area (Å²) in [5, 5.41) is 3.05. The second kappa shape index (κ2) is 60.1. The summed E-state index contributed by atoms with van der Waals surface area (Å²) in [5.41, 5.74) is 0. The number of nitrogens with zero attached hydrogens (tertiary/aromatic N) is 1. The quantitative estimate of drug-likeness (QED) is 0.0205. The van der Waals surface area contributed by atoms with E-state index in [2.05, 4.69) is 111 Å². The molecule has 0 aliphatic carbocycles. The van der Waals surface area contributed by atoms with Crippen LogP contribution in [0, 0.1) is 0 Å². The number of carbonyl (C=O) groups excluding carboxylic acids is 2. The van der Waals surface area contributed by atoms with Crippen molar-refractivity contribution < 1.29 is 37.3 Å². The van der Waals surface area contributed by atoms with Crippen molar-refractivity contribution in [1.29, 1.82) is 0 Å². The Balaban J connectivity index is 5.27. The lowest BCUT2D eigenvalue weighted by atomic mass is 10.0. The van der Waals surface area contributed by atoms with E-state index in [0.29, 0.717) is 17.4 Å². The lowest BCUT2D eigenvalue weighted by Crippen LogP contribution is -2.47. The molecular formula is C71H128N2O7P+. The Morgan fingerprint density at radius 1 is 0.432 bits per heavy atom. The van der Waals surface area contributed by atoms with Crippen molar-refractivity contribution in [2.45, 2.75) is 303 Å². The van der Waals surface area contributed by atoms with Gasteiger partial charge in [0.15, 0.2) is 0 Å². The summed E-state index contributed by atoms with van der Waals surface area (Å²) in [6, 6.07) is -0.868. The standard InChI is InChI=1S/C71H127N2O7P/c1-7-10-13-16-19-22-25-28-30-32-34-36-38-40-42-45-48-51-54-57-60-63-70(74)72-68(67-79-81(76,77)78-66-65-73(4,5)6)69(62-59-56-53-50-47-44-27-24-21-18-15-12-9-3)80-71(75)64-61-58-55-52-49-46-43-41-39-37-35-33-31-29-26-23-20-17-14-11-8-2/h19-20,22-23,28-31,34-37,40,42,59,62,68-69H,7-18,21,24-27,32-33,38-39,41,43-58,60-61,63-67H2,1-6H3,(H-,72,74,76,77)/p+1/b22-19-,23-20-,30-28-,31-29-,36-34-,37-35-,42-40-,62-59+. The molecule has 3 unspecified atom stereocenters. The highest BCUT2D eigenvalue weighted by Gasteiger charge is 2.30. The Hall–Kier alpha value is -3.07. The summed E-state index contributed by atoms with van der Waals surface area (Å²) in [6.45, 7) is 6.95. The van der Waals surface area contributed by atoms with Crippen LogP contribution in [0.4, 0.5) is 0 Å². The van der Waals surface area contributed by atoms with Gasteiger partial charge in [0, 0.05) is 12.8 Å². The van der Waals surface area contributed by atoms with Gasteiger partial charge in [0.25, 0.3) is 0 Å². The van der Waals surface area contributed by atoms with Crippen LogP contribution in [0.2, 0.25) is 0 Å². The molecule has 0 spiro atoms. The van der Waals surface area contributed by atoms with E-state index in [1.165, 1.54) is 135 Å². The summed E-state index contributed by atoms with van der Waals surface area (Å²) >= 11 is 0. The lowest BCUT2D eigenvalue weighted by Gasteiger charge is -2.27. The van der Waals surface area contributed by atoms with Gasteiger partial charge in [-0.15, -0.1) is 0 Å². The van der Waals surface area contributed by atoms with E-state index in [4.69, 9.17) is 13.8 Å². The van der Waals surface area contributed by atoms with E-state index >= 15 is 0 Å². The van der Waals surface area contributed by atoms with Crippen LogP contribution in [0.25, 0.3) is 0 Å². The number of hydrogen-bond acceptors (Lipinski definition) is 6. The largest absolute Gasteiger partial charge is 0.472 e. The molecule has 0 heterocycles. The van der Waals surface area contributed by atoms with Gasteiger partial charge in [0.05, 0.1) is 33.8 Å². The molecule has 0 aromatic heterocycles. The van der Waals surface area contributed by atoms with Crippen molar-refractivity contribution in [2.24, 2.45) is 0 Å². The Bertz CT molecular complexity index is 1710. The van der Waals surface area contributed by atoms with Gasteiger partial charge in [0.1, 0.15) is 19.3 Å². The Morgan fingerprint density at radius 3 is 1.15 bits per heavy atom. The van der Waals surface area contributed by atoms with Crippen LogP contribution in [0.5, 0.6) is 0 Å². The van der Waals surface area contributed by atoms with Gasteiger partial charge in [0.2, 0.25) is 5.91 Å². The van der Waals surface area contributed by atoms with Gasteiger partial charge < -0.3 is 19.4 Å². The number of likely N-dealkylation sites (N-methyl/N-ethyl adjacent to an activating group) is 1. The third kappa shape index (κ3) is 61.3. The summed E-state index contributed by atoms with van der Waals surface area (Å²) < 4.78 is 30.8. The summed E-state index contributed by atoms with van der Waals surface area (Å²) in [4.78, 5) is 37.8. The van der Waals surface area contributed by atoms with Crippen LogP contribution in [-0.2, 0) is 27.9 Å². The van der Waals surface area contributed by atoms with E-state index < -0.39 is 20.0 Å². The van der Waals surface area contributed by atoms with Crippen molar-refractivity contribution in [1.82, 2.24) is 5.32 Å². The van der Waals surface area contributed by atoms with Gasteiger partial charge in [-0.25, -0.2) is 4.57 Å². The molecule has 9 nitrogen and oxygen atoms in total. The number of quaternary nitrogens is 1. The average Bonchev–Trinajstić information content (AvgIpc) is 3.44. The first-order valence-corrected chi connectivity index (χ1v) is 35.1. The Kier molecular flexibility index (Phi) is 57.8. The third-order valence-corrected chi connectivity index (χ3v) is 15.5. The molecule has 0 fully saturated rings. The number of esters is 1. The number of ether oxygens (including phenoxy) is 1. The maximum Gasteiger partial charge on any atom is 0.472 e. The fourth-order valence-electron chi connectivity index (χ4n) is 9.28. The maximum absolute atomic E-state index is 13.6. The van der Waals surface area contributed by atoms with Crippen LogP contribution in [-0.4, -0.2) is 74.3 Å². The molecule has 0 aliphatic rings. The van der Waals surface area contributed by atoms with Crippen LogP contribution in [0.3, 0.4) is 0 Å². The summed E-state index contributed by atoms with van der Waals surface area (Å²) in [7, 11) is 1.47. The first-order valence-electron chi connectivity index (χ1n) is 33.6. The molecule has 0 bridgehead atoms. The highest BCUT2D eigenvalue weighted by atomic mass is 31.2. The van der Waals surface area contributed by atoms with Gasteiger partial charge in [-0.2, -0.15) is 0 Å². The van der Waals surface area contributed by atoms with E-state index in [1.54, 1.807) is 0 Å². The van der Waals surface area contributed by atoms with Crippen molar-refractivity contribution in [2.75, 3.05) is 40.9 Å². The number of hydrogen-bond donors (Lipinski definition) is 2. The monoisotopic (exact) mass is 1150 g/mol. The number of nitrogens with one attached hydrogen (secondary N) is 1. The molecule has 81 heavy (non-hydrogen) atoms. The maximum atomic E-state index is 13.6. The number of rotatable bonds is 60. The molecule has 10 heteroatoms. The van der Waals surface area contributed by atoms with E-state index in [9.17, 15) is 19.0 Å². The zero-order valence-electron chi connectivity index (χ0n) is 53.5. The van der Waals surface area contributed by atoms with Crippen LogP contribution in [0.1, 0.15) is 290 Å². The first-order chi connectivity index (χ1) is 39.4. The normalized spacial score (nSPS) is 14.2. The van der Waals surface area contributed by atoms with Crippen LogP contribution >= 0.6 is 7.82 Å². The predicted octanol–water partition coefficient (Wildman–Crippen LogP) is 21.1. The molecule has 0 aromatic carbocycles. The van der Waals surface area contributed by atoms with E-state index in [-0.39, 0.29) is 31.5 Å². The second-order valence-electron chi connectivity index (χ2n) is 23.6. The molecule has 0 radical (unpaired) electrons. The van der Waals surface area contributed by atoms with Gasteiger partial charge in [-0.3, -0.25) is 18.6 Å². The number of unbranched alkanes of at least 4 members (excludes halogenated alkanes) is 30. The molecule has 0 saturated heterocycles. The Morgan fingerprint density at radius 2 is 0.753 bits per heavy atom. The first kappa shape index (κ1) is 77.9. The predicted molar refractivity (Wildman–Crippen MR) is 350 cm³/mol. The van der Waals surface area contributed by atoms with Crippen molar-refractivity contribution in [3.05, 3.63) is 97.2 Å². The number of phosphoric ester groups is 1. The zero-order chi connectivity index (χ0) is 59.3. The van der Waals surface area contributed by atoms with E-state index in [1.807, 2.05) is 33.3 Å². The molecule has 0 aromatic rings. The number of allylic oxidation sites excluding steroid dienone is 15. The van der Waals surface area contributed by atoms with Crippen molar-refractivity contribution in [3.63, 3.8) is 0 Å². The minimum Gasteiger partial charge on any atom is -0.456 e. The summed E-state index contributed by atoms with van der Waals surface area (Å²) in [5.74, 6) is -0.534. The van der Waals surface area contributed by atoms with E-state index in [0.717, 1.165) is 122 Å². The van der Waals surface area contributed by atoms with Crippen LogP contribution < -0.4 is 5.32 Å². The third-order valence-electron chi connectivity index (χ3n) is 14.5. The fourth-order valence-corrected chi connectivity index (χ4v) is 10.0. The minimum atomic E-state index is -4.47. The zero-order valence-corrected chi connectivity index (χ0v) is 54.4. The molecule has 0 rings (SSSR count). The number of carbonyl (C=O) groups is 2. The lowest BCUT2D eigenvalue weighted by molar-refractivity contribution is -0.870. The highest BCUT2D eigenvalue weighted by molar-refractivity contribution is 7.47. The summed E-state index contributed by atoms with van der Waals surface area (Å²) in [6.07, 6.45) is 81.1. The highest BCUT2D eigenvalue weighted by Crippen LogP contribution is 2.43. The second-order valence-corrected chi connectivity index (χ2v) is 25.1. The van der Waals surface area contributed by atoms with Crippen molar-refractivity contribution in [3.8, 4) is 0 Å². The van der Waals surface area contributed by atoms with Gasteiger partial charge in [-0.1, -0.05) is 260 Å². The topological polar surface area (TPSA) is 111 Å². The number of amides is 1. The van der Waals surface area contributed by atoms with Gasteiger partial charge >= 0.3 is 13.8 Å². The Labute approximate surface area is 500 Å². The molecule has 0 aliphatic heterocycles. The van der Waals surface area contributed by atoms with Crippen LogP contribution in [0.15, 0.2) is 97.2 Å². The molecule has 1 amide bonds. The van der Waals surface area contributed by atoms with Gasteiger partial charge in [-0.05, 0) is 115 Å². The molecule has 2 N–H and O–H groups in total. The molecule has 468 valence electrons. The fraction of sp³-hybridized carbons (Fsp3) is 0.746. The average molecular weight is 1150 g/mol. The minimum absolute atomic E-state index is 0.0307. The van der Waals surface area contributed by atoms with Crippen molar-refractivity contribution >= 4 is 19.7 Å². The molecule has 0 saturated carbocycles.